The SMILES string of the molecule is COC1CCN(CCOc2cccc(Cl)c2)CC1. The van der Waals surface area contributed by atoms with Gasteiger partial charge in [0.25, 0.3) is 0 Å². The summed E-state index contributed by atoms with van der Waals surface area (Å²) in [4.78, 5) is 2.42. The van der Waals surface area contributed by atoms with Gasteiger partial charge >= 0.3 is 0 Å². The average molecular weight is 270 g/mol. The van der Waals surface area contributed by atoms with Gasteiger partial charge in [0.2, 0.25) is 0 Å². The summed E-state index contributed by atoms with van der Waals surface area (Å²) in [5.41, 5.74) is 0. The van der Waals surface area contributed by atoms with E-state index in [1.807, 2.05) is 24.3 Å². The molecular weight excluding hydrogens is 250 g/mol. The highest BCUT2D eigenvalue weighted by Crippen LogP contribution is 2.17. The molecule has 1 aromatic carbocycles. The molecule has 1 aliphatic rings. The summed E-state index contributed by atoms with van der Waals surface area (Å²) < 4.78 is 11.0. The van der Waals surface area contributed by atoms with Crippen LogP contribution in [-0.4, -0.2) is 44.4 Å². The van der Waals surface area contributed by atoms with E-state index in [2.05, 4.69) is 4.90 Å². The predicted molar refractivity (Wildman–Crippen MR) is 73.4 cm³/mol. The van der Waals surface area contributed by atoms with Crippen molar-refractivity contribution < 1.29 is 9.47 Å². The van der Waals surface area contributed by atoms with Gasteiger partial charge in [0.15, 0.2) is 0 Å². The van der Waals surface area contributed by atoms with Gasteiger partial charge in [-0.25, -0.2) is 0 Å². The number of hydrogen-bond donors (Lipinski definition) is 0. The number of ether oxygens (including phenoxy) is 2. The lowest BCUT2D eigenvalue weighted by Gasteiger charge is -2.30. The molecule has 0 atom stereocenters. The molecule has 1 aromatic rings. The van der Waals surface area contributed by atoms with Crippen LogP contribution in [0.15, 0.2) is 24.3 Å². The van der Waals surface area contributed by atoms with E-state index in [4.69, 9.17) is 21.1 Å². The molecule has 2 rings (SSSR count). The largest absolute Gasteiger partial charge is 0.492 e. The quantitative estimate of drug-likeness (QED) is 0.821. The Balaban J connectivity index is 1.67. The lowest BCUT2D eigenvalue weighted by atomic mass is 10.1. The highest BCUT2D eigenvalue weighted by molar-refractivity contribution is 6.30. The molecule has 0 bridgehead atoms. The lowest BCUT2D eigenvalue weighted by Crippen LogP contribution is -2.38. The minimum absolute atomic E-state index is 0.440. The van der Waals surface area contributed by atoms with Gasteiger partial charge < -0.3 is 9.47 Å². The van der Waals surface area contributed by atoms with E-state index in [1.165, 1.54) is 0 Å². The first-order valence-electron chi connectivity index (χ1n) is 6.41. The molecular formula is C14H20ClNO2. The monoisotopic (exact) mass is 269 g/mol. The molecule has 0 N–H and O–H groups in total. The van der Waals surface area contributed by atoms with Crippen molar-refractivity contribution in [2.24, 2.45) is 0 Å². The zero-order chi connectivity index (χ0) is 12.8. The maximum absolute atomic E-state index is 5.90. The third kappa shape index (κ3) is 4.16. The Labute approximate surface area is 114 Å². The zero-order valence-electron chi connectivity index (χ0n) is 10.8. The van der Waals surface area contributed by atoms with Crippen LogP contribution < -0.4 is 4.74 Å². The van der Waals surface area contributed by atoms with Gasteiger partial charge in [0, 0.05) is 31.8 Å². The molecule has 4 heteroatoms. The average Bonchev–Trinajstić information content (AvgIpc) is 2.40. The maximum Gasteiger partial charge on any atom is 0.120 e. The number of methoxy groups -OCH3 is 1. The topological polar surface area (TPSA) is 21.7 Å². The third-order valence-electron chi connectivity index (χ3n) is 3.34. The first-order valence-corrected chi connectivity index (χ1v) is 6.79. The van der Waals surface area contributed by atoms with Gasteiger partial charge in [-0.2, -0.15) is 0 Å². The van der Waals surface area contributed by atoms with Crippen molar-refractivity contribution in [1.82, 2.24) is 4.90 Å². The van der Waals surface area contributed by atoms with E-state index in [0.717, 1.165) is 38.2 Å². The van der Waals surface area contributed by atoms with Crippen molar-refractivity contribution in [2.45, 2.75) is 18.9 Å². The van der Waals surface area contributed by atoms with Crippen LogP contribution in [0.5, 0.6) is 5.75 Å². The second kappa shape index (κ2) is 6.98. The Morgan fingerprint density at radius 2 is 2.11 bits per heavy atom. The predicted octanol–water partition coefficient (Wildman–Crippen LogP) is 2.83. The fraction of sp³-hybridized carbons (Fsp3) is 0.571. The minimum atomic E-state index is 0.440. The fourth-order valence-corrected chi connectivity index (χ4v) is 2.40. The van der Waals surface area contributed by atoms with Gasteiger partial charge in [-0.3, -0.25) is 4.90 Å². The Morgan fingerprint density at radius 3 is 2.78 bits per heavy atom. The van der Waals surface area contributed by atoms with E-state index in [9.17, 15) is 0 Å². The Hall–Kier alpha value is -0.770. The molecule has 1 heterocycles. The molecule has 1 aliphatic heterocycles. The van der Waals surface area contributed by atoms with E-state index >= 15 is 0 Å². The summed E-state index contributed by atoms with van der Waals surface area (Å²) in [6.45, 7) is 3.86. The highest BCUT2D eigenvalue weighted by atomic mass is 35.5. The van der Waals surface area contributed by atoms with Crippen molar-refractivity contribution >= 4 is 11.6 Å². The third-order valence-corrected chi connectivity index (χ3v) is 3.58. The van der Waals surface area contributed by atoms with Crippen LogP contribution in [0.1, 0.15) is 12.8 Å². The van der Waals surface area contributed by atoms with Gasteiger partial charge in [-0.05, 0) is 31.0 Å². The van der Waals surface area contributed by atoms with E-state index in [1.54, 1.807) is 7.11 Å². The Bertz CT molecular complexity index is 365. The summed E-state index contributed by atoms with van der Waals surface area (Å²) in [7, 11) is 1.79. The molecule has 0 aromatic heterocycles. The molecule has 1 saturated heterocycles. The van der Waals surface area contributed by atoms with Crippen LogP contribution in [0.4, 0.5) is 0 Å². The van der Waals surface area contributed by atoms with Crippen LogP contribution >= 0.6 is 11.6 Å². The summed E-state index contributed by atoms with van der Waals surface area (Å²) in [5, 5.41) is 0.716. The number of rotatable bonds is 5. The first-order chi connectivity index (χ1) is 8.78. The molecule has 0 radical (unpaired) electrons. The molecule has 3 nitrogen and oxygen atoms in total. The molecule has 0 amide bonds. The number of hydrogen-bond acceptors (Lipinski definition) is 3. The van der Waals surface area contributed by atoms with Gasteiger partial charge in [-0.1, -0.05) is 17.7 Å². The highest BCUT2D eigenvalue weighted by Gasteiger charge is 2.18. The molecule has 0 saturated carbocycles. The molecule has 18 heavy (non-hydrogen) atoms. The minimum Gasteiger partial charge on any atom is -0.492 e. The molecule has 0 aliphatic carbocycles. The van der Waals surface area contributed by atoms with Crippen LogP contribution in [0, 0.1) is 0 Å². The Morgan fingerprint density at radius 1 is 1.33 bits per heavy atom. The van der Waals surface area contributed by atoms with Crippen LogP contribution in [-0.2, 0) is 4.74 Å². The summed E-state index contributed by atoms with van der Waals surface area (Å²) in [5.74, 6) is 0.842. The smallest absolute Gasteiger partial charge is 0.120 e. The second-order valence-corrected chi connectivity index (χ2v) is 5.02. The van der Waals surface area contributed by atoms with Gasteiger partial charge in [-0.15, -0.1) is 0 Å². The van der Waals surface area contributed by atoms with Crippen molar-refractivity contribution in [3.8, 4) is 5.75 Å². The zero-order valence-corrected chi connectivity index (χ0v) is 11.5. The number of nitrogens with zero attached hydrogens (tertiary/aromatic N) is 1. The second-order valence-electron chi connectivity index (χ2n) is 4.58. The van der Waals surface area contributed by atoms with Crippen molar-refractivity contribution in [1.29, 1.82) is 0 Å². The van der Waals surface area contributed by atoms with Crippen molar-refractivity contribution in [3.63, 3.8) is 0 Å². The van der Waals surface area contributed by atoms with E-state index in [-0.39, 0.29) is 0 Å². The van der Waals surface area contributed by atoms with Crippen LogP contribution in [0.25, 0.3) is 0 Å². The summed E-state index contributed by atoms with van der Waals surface area (Å²) in [6.07, 6.45) is 2.68. The van der Waals surface area contributed by atoms with Gasteiger partial charge in [0.05, 0.1) is 6.10 Å². The standard InChI is InChI=1S/C14H20ClNO2/c1-17-13-5-7-16(8-6-13)9-10-18-14-4-2-3-12(15)11-14/h2-4,11,13H,5-10H2,1H3. The number of likely N-dealkylation sites (tertiary alicyclic amines) is 1. The normalized spacial score (nSPS) is 17.9. The van der Waals surface area contributed by atoms with E-state index in [0.29, 0.717) is 17.7 Å². The lowest BCUT2D eigenvalue weighted by molar-refractivity contribution is 0.0375. The Kier molecular flexibility index (Phi) is 5.29. The van der Waals surface area contributed by atoms with Crippen molar-refractivity contribution in [2.75, 3.05) is 33.4 Å². The number of halogens is 1. The van der Waals surface area contributed by atoms with E-state index < -0.39 is 0 Å². The van der Waals surface area contributed by atoms with Crippen molar-refractivity contribution in [3.05, 3.63) is 29.3 Å². The molecule has 100 valence electrons. The van der Waals surface area contributed by atoms with Gasteiger partial charge in [0.1, 0.15) is 12.4 Å². The molecule has 1 fully saturated rings. The molecule has 0 spiro atoms. The number of benzene rings is 1. The maximum atomic E-state index is 5.90. The number of piperidine rings is 1. The summed E-state index contributed by atoms with van der Waals surface area (Å²) in [6, 6.07) is 7.54. The molecule has 0 unspecified atom stereocenters. The van der Waals surface area contributed by atoms with Crippen LogP contribution in [0.2, 0.25) is 5.02 Å². The summed E-state index contributed by atoms with van der Waals surface area (Å²) >= 11 is 5.90. The first kappa shape index (κ1) is 13.7. The van der Waals surface area contributed by atoms with Crippen LogP contribution in [0.3, 0.4) is 0 Å². The fourth-order valence-electron chi connectivity index (χ4n) is 2.22.